The topological polar surface area (TPSA) is 47.9 Å². The molecule has 1 aliphatic carbocycles. The van der Waals surface area contributed by atoms with Gasteiger partial charge in [-0.15, -0.1) is 0 Å². The van der Waals surface area contributed by atoms with E-state index in [1.54, 1.807) is 0 Å². The second-order valence-electron chi connectivity index (χ2n) is 13.9. The minimum absolute atomic E-state index is 0.0931. The van der Waals surface area contributed by atoms with Gasteiger partial charge < -0.3 is 18.7 Å². The van der Waals surface area contributed by atoms with Crippen LogP contribution in [0, 0.1) is 0 Å². The molecule has 0 radical (unpaired) electrons. The highest BCUT2D eigenvalue weighted by atomic mass is 28.4. The molecule has 0 saturated heterocycles. The third-order valence-corrected chi connectivity index (χ3v) is 17.5. The van der Waals surface area contributed by atoms with Gasteiger partial charge in [0.1, 0.15) is 0 Å². The van der Waals surface area contributed by atoms with Crippen molar-refractivity contribution in [3.63, 3.8) is 0 Å². The van der Waals surface area contributed by atoms with Crippen molar-refractivity contribution >= 4 is 16.6 Å². The summed E-state index contributed by atoms with van der Waals surface area (Å²) in [5.41, 5.74) is 3.46. The van der Waals surface area contributed by atoms with Crippen LogP contribution < -0.4 is 0 Å². The van der Waals surface area contributed by atoms with Crippen molar-refractivity contribution in [1.29, 1.82) is 0 Å². The zero-order valence-electron chi connectivity index (χ0n) is 26.2. The van der Waals surface area contributed by atoms with Crippen LogP contribution in [0.2, 0.25) is 36.3 Å². The number of hydrogen-bond acceptors (Lipinski definition) is 4. The maximum Gasteiger partial charge on any atom is 0.192 e. The van der Waals surface area contributed by atoms with Gasteiger partial charge in [-0.25, -0.2) is 0 Å². The summed E-state index contributed by atoms with van der Waals surface area (Å²) < 4.78 is 18.7. The molecule has 0 heterocycles. The molecule has 2 aromatic carbocycles. The third kappa shape index (κ3) is 10.4. The molecule has 0 aliphatic heterocycles. The molecule has 1 fully saturated rings. The minimum atomic E-state index is -1.90. The molecule has 3 rings (SSSR count). The van der Waals surface area contributed by atoms with Crippen LogP contribution in [0.4, 0.5) is 0 Å². The summed E-state index contributed by atoms with van der Waals surface area (Å²) in [5, 5.41) is 10.7. The molecule has 0 bridgehead atoms. The van der Waals surface area contributed by atoms with Crippen LogP contribution in [0.25, 0.3) is 0 Å². The lowest BCUT2D eigenvalue weighted by molar-refractivity contribution is 0.0252. The van der Waals surface area contributed by atoms with Crippen molar-refractivity contribution in [2.45, 2.75) is 122 Å². The molecule has 39 heavy (non-hydrogen) atoms. The Balaban J connectivity index is 0.000000302. The predicted molar refractivity (Wildman–Crippen MR) is 170 cm³/mol. The molecule has 1 saturated carbocycles. The maximum absolute atomic E-state index is 10.4. The molecule has 6 heteroatoms. The Hall–Kier alpha value is -1.55. The fourth-order valence-corrected chi connectivity index (χ4v) is 6.47. The lowest BCUT2D eigenvalue weighted by atomic mass is 9.89. The maximum atomic E-state index is 10.4. The molecule has 0 aromatic heterocycles. The Morgan fingerprint density at radius 1 is 0.692 bits per heavy atom. The van der Waals surface area contributed by atoms with E-state index >= 15 is 0 Å². The first kappa shape index (κ1) is 33.7. The number of aliphatic hydroxyl groups excluding tert-OH is 1. The summed E-state index contributed by atoms with van der Waals surface area (Å²) >= 11 is 0. The van der Waals surface area contributed by atoms with Gasteiger partial charge >= 0.3 is 0 Å². The third-order valence-electron chi connectivity index (χ3n) is 8.51. The highest BCUT2D eigenvalue weighted by Crippen LogP contribution is 2.43. The SMILES string of the molecule is C=C1[C@H](O[Si](C)(C)C(C)(C)C)CC(O)C[C@H]1O[Si](C)(C)C(C)(C)C.c1ccc(COCc2ccccc2)cc1. The van der Waals surface area contributed by atoms with Crippen LogP contribution in [0.3, 0.4) is 0 Å². The van der Waals surface area contributed by atoms with Gasteiger partial charge in [0.05, 0.1) is 31.5 Å². The van der Waals surface area contributed by atoms with Crippen molar-refractivity contribution in [2.75, 3.05) is 0 Å². The monoisotopic (exact) mass is 570 g/mol. The second kappa shape index (κ2) is 13.9. The second-order valence-corrected chi connectivity index (χ2v) is 23.4. The predicted octanol–water partition coefficient (Wildman–Crippen LogP) is 8.88. The number of aliphatic hydroxyl groups is 1. The Morgan fingerprint density at radius 2 is 1.03 bits per heavy atom. The molecule has 2 atom stereocenters. The standard InChI is InChI=1S/C19H40O3Si2.C14H14O/c1-14-16(21-23(8,9)18(2,3)4)12-15(20)13-17(14)22-24(10,11)19(5,6)7;1-3-7-13(8-4-1)11-15-12-14-9-5-2-6-10-14/h15-17,20H,1,12-13H2,2-11H3;1-10H,11-12H2/t16-,17-;/m1./s1. The Morgan fingerprint density at radius 3 is 1.33 bits per heavy atom. The molecule has 1 N–H and O–H groups in total. The van der Waals surface area contributed by atoms with E-state index in [4.69, 9.17) is 13.6 Å². The van der Waals surface area contributed by atoms with E-state index in [0.29, 0.717) is 26.1 Å². The van der Waals surface area contributed by atoms with Gasteiger partial charge in [-0.05, 0) is 53.0 Å². The fourth-order valence-electron chi connectivity index (χ4n) is 3.85. The summed E-state index contributed by atoms with van der Waals surface area (Å²) in [6.07, 6.45) is 0.722. The fraction of sp³-hybridized carbons (Fsp3) is 0.576. The molecule has 0 unspecified atom stereocenters. The largest absolute Gasteiger partial charge is 0.410 e. The van der Waals surface area contributed by atoms with E-state index in [1.807, 2.05) is 36.4 Å². The Bertz CT molecular complexity index is 928. The quantitative estimate of drug-likeness (QED) is 0.254. The molecule has 2 aromatic rings. The molecule has 0 spiro atoms. The summed E-state index contributed by atoms with van der Waals surface area (Å²) in [6, 6.07) is 20.4. The van der Waals surface area contributed by atoms with Gasteiger partial charge in [-0.2, -0.15) is 0 Å². The van der Waals surface area contributed by atoms with E-state index in [1.165, 1.54) is 11.1 Å². The van der Waals surface area contributed by atoms with Crippen LogP contribution in [-0.2, 0) is 26.8 Å². The molecule has 218 valence electrons. The van der Waals surface area contributed by atoms with Crippen molar-refractivity contribution in [3.8, 4) is 0 Å². The normalized spacial score (nSPS) is 20.8. The van der Waals surface area contributed by atoms with Gasteiger partial charge in [0.2, 0.25) is 0 Å². The smallest absolute Gasteiger partial charge is 0.192 e. The average molecular weight is 571 g/mol. The Kier molecular flexibility index (Phi) is 12.0. The molecule has 0 amide bonds. The number of hydrogen-bond donors (Lipinski definition) is 1. The van der Waals surface area contributed by atoms with Crippen molar-refractivity contribution in [2.24, 2.45) is 0 Å². The first-order chi connectivity index (χ1) is 17.9. The lowest BCUT2D eigenvalue weighted by Crippen LogP contribution is -2.51. The summed E-state index contributed by atoms with van der Waals surface area (Å²) in [5.74, 6) is 0. The zero-order valence-corrected chi connectivity index (χ0v) is 28.2. The molecular weight excluding hydrogens is 517 g/mol. The first-order valence-corrected chi connectivity index (χ1v) is 20.1. The molecule has 1 aliphatic rings. The highest BCUT2D eigenvalue weighted by molar-refractivity contribution is 6.74. The minimum Gasteiger partial charge on any atom is -0.410 e. The van der Waals surface area contributed by atoms with E-state index in [0.717, 1.165) is 5.57 Å². The van der Waals surface area contributed by atoms with Gasteiger partial charge in [0.25, 0.3) is 0 Å². The number of rotatable bonds is 8. The van der Waals surface area contributed by atoms with Crippen molar-refractivity contribution in [3.05, 3.63) is 83.9 Å². The van der Waals surface area contributed by atoms with Gasteiger partial charge in [-0.1, -0.05) is 109 Å². The Labute approximate surface area is 241 Å². The van der Waals surface area contributed by atoms with E-state index in [2.05, 4.69) is 98.6 Å². The van der Waals surface area contributed by atoms with Gasteiger partial charge in [0.15, 0.2) is 16.6 Å². The van der Waals surface area contributed by atoms with Crippen molar-refractivity contribution in [1.82, 2.24) is 0 Å². The van der Waals surface area contributed by atoms with Crippen LogP contribution in [-0.4, -0.2) is 40.1 Å². The number of benzene rings is 2. The average Bonchev–Trinajstić information content (AvgIpc) is 2.82. The van der Waals surface area contributed by atoms with Gasteiger partial charge in [-0.3, -0.25) is 0 Å². The zero-order chi connectivity index (χ0) is 29.5. The van der Waals surface area contributed by atoms with Crippen molar-refractivity contribution < 1.29 is 18.7 Å². The number of ether oxygens (including phenoxy) is 1. The van der Waals surface area contributed by atoms with Crippen LogP contribution in [0.5, 0.6) is 0 Å². The summed E-state index contributed by atoms with van der Waals surface area (Å²) in [4.78, 5) is 0. The van der Waals surface area contributed by atoms with E-state index in [9.17, 15) is 5.11 Å². The first-order valence-electron chi connectivity index (χ1n) is 14.3. The van der Waals surface area contributed by atoms with Gasteiger partial charge in [0, 0.05) is 12.8 Å². The highest BCUT2D eigenvalue weighted by Gasteiger charge is 2.45. The van der Waals surface area contributed by atoms with Crippen LogP contribution in [0.1, 0.15) is 65.5 Å². The van der Waals surface area contributed by atoms with E-state index in [-0.39, 0.29) is 28.4 Å². The molecule has 4 nitrogen and oxygen atoms in total. The van der Waals surface area contributed by atoms with E-state index < -0.39 is 16.6 Å². The van der Waals surface area contributed by atoms with Crippen LogP contribution >= 0.6 is 0 Å². The molecular formula is C33H54O4Si2. The van der Waals surface area contributed by atoms with Crippen LogP contribution in [0.15, 0.2) is 72.8 Å². The lowest BCUT2D eigenvalue weighted by Gasteiger charge is -2.46. The summed E-state index contributed by atoms with van der Waals surface area (Å²) in [7, 11) is -3.81. The summed E-state index contributed by atoms with van der Waals surface area (Å²) in [6.45, 7) is 28.1.